The molecule has 0 aromatic heterocycles. The molecule has 0 aliphatic carbocycles. The molecule has 7 heavy (non-hydrogen) atoms. The van der Waals surface area contributed by atoms with Gasteiger partial charge in [-0.15, -0.1) is 0 Å². The lowest BCUT2D eigenvalue weighted by Gasteiger charge is -1.84. The minimum absolute atomic E-state index is 0.227. The zero-order valence-electron chi connectivity index (χ0n) is 3.70. The summed E-state index contributed by atoms with van der Waals surface area (Å²) >= 11 is 0. The summed E-state index contributed by atoms with van der Waals surface area (Å²) in [5, 5.41) is 0. The topological polar surface area (TPSA) is 24.7 Å². The molecule has 2 heterocycles. The largest absolute Gasteiger partial charge is 0.260 e. The molecule has 0 N–H and O–H groups in total. The van der Waals surface area contributed by atoms with Gasteiger partial charge in [-0.3, -0.25) is 9.98 Å². The van der Waals surface area contributed by atoms with Gasteiger partial charge < -0.3 is 0 Å². The van der Waals surface area contributed by atoms with Crippen LogP contribution in [0.15, 0.2) is 22.1 Å². The molecule has 2 nitrogen and oxygen atoms in total. The van der Waals surface area contributed by atoms with Gasteiger partial charge in [0.2, 0.25) is 0 Å². The van der Waals surface area contributed by atoms with Crippen molar-refractivity contribution in [3.8, 4) is 0 Å². The van der Waals surface area contributed by atoms with Crippen molar-refractivity contribution in [1.82, 2.24) is 0 Å². The molecule has 1 atom stereocenters. The van der Waals surface area contributed by atoms with Gasteiger partial charge in [-0.05, 0) is 12.2 Å². The summed E-state index contributed by atoms with van der Waals surface area (Å²) in [6, 6.07) is 0. The van der Waals surface area contributed by atoms with E-state index < -0.39 is 0 Å². The van der Waals surface area contributed by atoms with Gasteiger partial charge >= 0.3 is 0 Å². The third-order valence-corrected chi connectivity index (χ3v) is 1.05. The molecule has 2 rings (SSSR count). The minimum atomic E-state index is 0.227. The highest BCUT2D eigenvalue weighted by Crippen LogP contribution is 2.15. The van der Waals surface area contributed by atoms with Crippen LogP contribution < -0.4 is 0 Å². The Morgan fingerprint density at radius 3 is 3.14 bits per heavy atom. The molecule has 0 saturated heterocycles. The summed E-state index contributed by atoms with van der Waals surface area (Å²) in [4.78, 5) is 7.97. The molecule has 1 unspecified atom stereocenters. The maximum absolute atomic E-state index is 3.99. The van der Waals surface area contributed by atoms with Crippen LogP contribution in [0.25, 0.3) is 0 Å². The third-order valence-electron chi connectivity index (χ3n) is 1.05. The number of fused-ring (bicyclic) bond motifs is 1. The van der Waals surface area contributed by atoms with Crippen molar-refractivity contribution in [1.29, 1.82) is 0 Å². The van der Waals surface area contributed by atoms with Crippen molar-refractivity contribution in [3.63, 3.8) is 0 Å². The Balaban J connectivity index is 2.38. The monoisotopic (exact) mass is 92.0 g/mol. The quantitative estimate of drug-likeness (QED) is 0.413. The highest BCUT2D eigenvalue weighted by Gasteiger charge is 2.23. The van der Waals surface area contributed by atoms with E-state index in [1.807, 2.05) is 12.2 Å². The van der Waals surface area contributed by atoms with Crippen molar-refractivity contribution < 1.29 is 0 Å². The normalized spacial score (nSPS) is 32.0. The van der Waals surface area contributed by atoms with Crippen LogP contribution in [0.5, 0.6) is 0 Å². The third kappa shape index (κ3) is 0.330. The summed E-state index contributed by atoms with van der Waals surface area (Å²) < 4.78 is 0. The van der Waals surface area contributed by atoms with E-state index in [0.29, 0.717) is 0 Å². The average Bonchev–Trinajstić information content (AvgIpc) is 2.41. The fourth-order valence-electron chi connectivity index (χ4n) is 0.616. The van der Waals surface area contributed by atoms with E-state index in [-0.39, 0.29) is 6.17 Å². The Morgan fingerprint density at radius 1 is 1.57 bits per heavy atom. The first-order valence-corrected chi connectivity index (χ1v) is 2.24. The van der Waals surface area contributed by atoms with Crippen LogP contribution in [-0.2, 0) is 0 Å². The second-order valence-electron chi connectivity index (χ2n) is 1.58. The van der Waals surface area contributed by atoms with E-state index in [4.69, 9.17) is 0 Å². The van der Waals surface area contributed by atoms with E-state index in [0.717, 1.165) is 5.71 Å². The molecule has 0 aromatic carbocycles. The van der Waals surface area contributed by atoms with Crippen molar-refractivity contribution in [2.75, 3.05) is 0 Å². The van der Waals surface area contributed by atoms with Crippen molar-refractivity contribution in [3.05, 3.63) is 12.2 Å². The van der Waals surface area contributed by atoms with Crippen LogP contribution >= 0.6 is 0 Å². The first-order valence-electron chi connectivity index (χ1n) is 2.24. The maximum atomic E-state index is 3.99. The molecule has 0 spiro atoms. The highest BCUT2D eigenvalue weighted by molar-refractivity contribution is 6.12. The van der Waals surface area contributed by atoms with E-state index in [1.165, 1.54) is 0 Å². The first-order chi connectivity index (χ1) is 3.47. The Kier molecular flexibility index (Phi) is 0.372. The summed E-state index contributed by atoms with van der Waals surface area (Å²) in [5.41, 5.74) is 1.13. The molecule has 0 bridgehead atoms. The molecule has 2 aliphatic rings. The van der Waals surface area contributed by atoms with Gasteiger partial charge in [0.1, 0.15) is 0 Å². The lowest BCUT2D eigenvalue weighted by Crippen LogP contribution is -1.93. The fraction of sp³-hybridized carbons (Fsp3) is 0.200. The molecule has 2 heteroatoms. The molecule has 0 radical (unpaired) electrons. The van der Waals surface area contributed by atoms with Crippen LogP contribution in [-0.4, -0.2) is 18.1 Å². The second kappa shape index (κ2) is 0.832. The van der Waals surface area contributed by atoms with Crippen LogP contribution in [0.1, 0.15) is 0 Å². The van der Waals surface area contributed by atoms with Gasteiger partial charge in [-0.1, -0.05) is 0 Å². The lowest BCUT2D eigenvalue weighted by molar-refractivity contribution is 1.08. The fourth-order valence-corrected chi connectivity index (χ4v) is 0.616. The zero-order chi connectivity index (χ0) is 4.69. The molecule has 34 valence electrons. The highest BCUT2D eigenvalue weighted by atomic mass is 15.1. The van der Waals surface area contributed by atoms with Gasteiger partial charge in [0, 0.05) is 6.21 Å². The van der Waals surface area contributed by atoms with E-state index in [2.05, 4.69) is 9.98 Å². The van der Waals surface area contributed by atoms with Crippen LogP contribution in [0.4, 0.5) is 0 Å². The number of dihydropyridines is 1. The van der Waals surface area contributed by atoms with Crippen molar-refractivity contribution >= 4 is 11.9 Å². The minimum Gasteiger partial charge on any atom is -0.260 e. The van der Waals surface area contributed by atoms with Gasteiger partial charge in [-0.25, -0.2) is 0 Å². The summed E-state index contributed by atoms with van der Waals surface area (Å²) in [5.74, 6) is 0. The molecule has 0 amide bonds. The molecule has 2 aliphatic heterocycles. The smallest absolute Gasteiger partial charge is 0.181 e. The van der Waals surface area contributed by atoms with Gasteiger partial charge in [0.05, 0.1) is 5.71 Å². The molecular weight excluding hydrogens is 88.1 g/mol. The Bertz CT molecular complexity index is 177. The van der Waals surface area contributed by atoms with Crippen LogP contribution in [0, 0.1) is 0 Å². The molecule has 0 aromatic rings. The number of hydrogen-bond acceptors (Lipinski definition) is 2. The van der Waals surface area contributed by atoms with Gasteiger partial charge in [0.15, 0.2) is 6.17 Å². The maximum Gasteiger partial charge on any atom is 0.181 e. The summed E-state index contributed by atoms with van der Waals surface area (Å²) in [6.07, 6.45) is 5.90. The number of nitrogens with zero attached hydrogens (tertiary/aromatic N) is 2. The lowest BCUT2D eigenvalue weighted by atomic mass is 10.3. The number of rotatable bonds is 0. The second-order valence-corrected chi connectivity index (χ2v) is 1.58. The van der Waals surface area contributed by atoms with E-state index in [9.17, 15) is 0 Å². The Labute approximate surface area is 41.3 Å². The average molecular weight is 92.1 g/mol. The Hall–Kier alpha value is -0.920. The number of hydrogen-bond donors (Lipinski definition) is 0. The predicted octanol–water partition coefficient (Wildman–Crippen LogP) is 0.408. The number of allylic oxidation sites excluding steroid dienone is 1. The standard InChI is InChI=1S/C5H4N2/c1-2-4-5(7-4)6-3-1/h1-3,5H. The van der Waals surface area contributed by atoms with Gasteiger partial charge in [0.25, 0.3) is 0 Å². The van der Waals surface area contributed by atoms with Crippen LogP contribution in [0.2, 0.25) is 0 Å². The summed E-state index contributed by atoms with van der Waals surface area (Å²) in [6.45, 7) is 0. The zero-order valence-corrected chi connectivity index (χ0v) is 3.70. The van der Waals surface area contributed by atoms with E-state index in [1.54, 1.807) is 6.21 Å². The Morgan fingerprint density at radius 2 is 2.57 bits per heavy atom. The van der Waals surface area contributed by atoms with Crippen molar-refractivity contribution in [2.45, 2.75) is 6.17 Å². The molecule has 0 fully saturated rings. The van der Waals surface area contributed by atoms with Crippen molar-refractivity contribution in [2.24, 2.45) is 9.98 Å². The first kappa shape index (κ1) is 3.13. The van der Waals surface area contributed by atoms with Crippen LogP contribution in [0.3, 0.4) is 0 Å². The predicted molar refractivity (Wildman–Crippen MR) is 28.9 cm³/mol. The summed E-state index contributed by atoms with van der Waals surface area (Å²) in [7, 11) is 0. The SMILES string of the molecule is C1=CC2=NC2N=C1. The van der Waals surface area contributed by atoms with E-state index >= 15 is 0 Å². The number of aliphatic imine (C=N–C) groups is 2. The molecule has 0 saturated carbocycles. The van der Waals surface area contributed by atoms with Gasteiger partial charge in [-0.2, -0.15) is 0 Å². The molecular formula is C5H4N2.